The van der Waals surface area contributed by atoms with E-state index in [1.165, 1.54) is 12.8 Å². The molecule has 6 heteroatoms. The molecule has 0 unspecified atom stereocenters. The van der Waals surface area contributed by atoms with Crippen LogP contribution < -0.4 is 10.6 Å². The first kappa shape index (κ1) is 21.4. The molecule has 158 valence electrons. The van der Waals surface area contributed by atoms with Crippen molar-refractivity contribution in [3.05, 3.63) is 48.6 Å². The van der Waals surface area contributed by atoms with E-state index in [1.54, 1.807) is 6.08 Å². The lowest BCUT2D eigenvalue weighted by molar-refractivity contribution is -0.129. The fourth-order valence-electron chi connectivity index (χ4n) is 4.55. The van der Waals surface area contributed by atoms with Crippen LogP contribution >= 0.6 is 0 Å². The van der Waals surface area contributed by atoms with Gasteiger partial charge in [-0.1, -0.05) is 49.2 Å². The van der Waals surface area contributed by atoms with E-state index in [1.807, 2.05) is 30.0 Å². The molecule has 1 saturated heterocycles. The maximum atomic E-state index is 13.3. The van der Waals surface area contributed by atoms with Gasteiger partial charge in [-0.3, -0.25) is 9.69 Å². The number of benzene rings is 1. The van der Waals surface area contributed by atoms with Crippen molar-refractivity contribution in [3.63, 3.8) is 0 Å². The van der Waals surface area contributed by atoms with E-state index >= 15 is 0 Å². The monoisotopic (exact) mass is 398 g/mol. The Labute approximate surface area is 174 Å². The van der Waals surface area contributed by atoms with E-state index in [0.717, 1.165) is 31.5 Å². The third-order valence-electron chi connectivity index (χ3n) is 6.17. The van der Waals surface area contributed by atoms with Crippen LogP contribution in [0.15, 0.2) is 43.0 Å². The maximum absolute atomic E-state index is 13.3. The van der Waals surface area contributed by atoms with Gasteiger partial charge in [0.05, 0.1) is 12.1 Å². The Morgan fingerprint density at radius 1 is 1.14 bits per heavy atom. The molecule has 1 saturated carbocycles. The van der Waals surface area contributed by atoms with E-state index in [0.29, 0.717) is 25.6 Å². The summed E-state index contributed by atoms with van der Waals surface area (Å²) in [6, 6.07) is 9.92. The minimum absolute atomic E-state index is 0.0152. The molecule has 2 fully saturated rings. The van der Waals surface area contributed by atoms with E-state index in [9.17, 15) is 9.59 Å². The van der Waals surface area contributed by atoms with Gasteiger partial charge in [0, 0.05) is 32.7 Å². The van der Waals surface area contributed by atoms with Gasteiger partial charge in [-0.25, -0.2) is 4.79 Å². The summed E-state index contributed by atoms with van der Waals surface area (Å²) in [5.74, 6) is 0.525. The third-order valence-corrected chi connectivity index (χ3v) is 6.17. The summed E-state index contributed by atoms with van der Waals surface area (Å²) >= 11 is 0. The van der Waals surface area contributed by atoms with Crippen LogP contribution in [0.1, 0.15) is 44.2 Å². The molecule has 1 aromatic carbocycles. The lowest BCUT2D eigenvalue weighted by Crippen LogP contribution is -2.59. The standard InChI is InChI=1S/C23H34N4O2/c1-3-13-24-23(29)27-16-14-26(15-17-27)21(20-11-7-8-12-20)22(28)25-18(2)19-9-5-4-6-10-19/h3-6,9-10,18,20-21H,1,7-8,11-17H2,2H3,(H,24,29)(H,25,28)/t18-,21+/m0/s1. The second-order valence-corrected chi connectivity index (χ2v) is 8.13. The Hall–Kier alpha value is -2.34. The summed E-state index contributed by atoms with van der Waals surface area (Å²) in [6.45, 7) is 8.91. The van der Waals surface area contributed by atoms with Crippen LogP contribution in [0.5, 0.6) is 0 Å². The highest BCUT2D eigenvalue weighted by molar-refractivity contribution is 5.82. The van der Waals surface area contributed by atoms with Gasteiger partial charge < -0.3 is 15.5 Å². The number of carbonyl (C=O) groups excluding carboxylic acids is 2. The van der Waals surface area contributed by atoms with Crippen LogP contribution in [0, 0.1) is 5.92 Å². The zero-order valence-electron chi connectivity index (χ0n) is 17.5. The zero-order valence-corrected chi connectivity index (χ0v) is 17.5. The molecule has 2 aliphatic rings. The second kappa shape index (κ2) is 10.4. The Bertz CT molecular complexity index is 679. The predicted octanol–water partition coefficient (Wildman–Crippen LogP) is 2.94. The smallest absolute Gasteiger partial charge is 0.317 e. The van der Waals surface area contributed by atoms with Gasteiger partial charge in [-0.15, -0.1) is 6.58 Å². The molecule has 1 aromatic rings. The Balaban J connectivity index is 1.62. The first-order chi connectivity index (χ1) is 14.1. The molecule has 29 heavy (non-hydrogen) atoms. The Kier molecular flexibility index (Phi) is 7.69. The summed E-state index contributed by atoms with van der Waals surface area (Å²) < 4.78 is 0. The molecule has 3 rings (SSSR count). The van der Waals surface area contributed by atoms with Crippen molar-refractivity contribution >= 4 is 11.9 Å². The highest BCUT2D eigenvalue weighted by Crippen LogP contribution is 2.31. The number of rotatable bonds is 7. The molecule has 0 bridgehead atoms. The van der Waals surface area contributed by atoms with Crippen molar-refractivity contribution in [2.45, 2.75) is 44.7 Å². The highest BCUT2D eigenvalue weighted by Gasteiger charge is 2.37. The van der Waals surface area contributed by atoms with E-state index in [4.69, 9.17) is 0 Å². The van der Waals surface area contributed by atoms with Crippen molar-refractivity contribution in [2.24, 2.45) is 5.92 Å². The Morgan fingerprint density at radius 3 is 2.41 bits per heavy atom. The Morgan fingerprint density at radius 2 is 1.79 bits per heavy atom. The van der Waals surface area contributed by atoms with E-state index in [-0.39, 0.29) is 24.0 Å². The number of piperazine rings is 1. The van der Waals surface area contributed by atoms with Crippen LogP contribution in [0.4, 0.5) is 4.79 Å². The molecule has 1 aliphatic carbocycles. The summed E-state index contributed by atoms with van der Waals surface area (Å²) in [4.78, 5) is 29.6. The zero-order chi connectivity index (χ0) is 20.6. The molecule has 3 amide bonds. The van der Waals surface area contributed by atoms with Gasteiger partial charge >= 0.3 is 6.03 Å². The van der Waals surface area contributed by atoms with Crippen molar-refractivity contribution in [1.29, 1.82) is 0 Å². The average Bonchev–Trinajstić information content (AvgIpc) is 3.27. The summed E-state index contributed by atoms with van der Waals surface area (Å²) in [6.07, 6.45) is 6.30. The fraction of sp³-hybridized carbons (Fsp3) is 0.565. The van der Waals surface area contributed by atoms with E-state index < -0.39 is 0 Å². The number of hydrogen-bond donors (Lipinski definition) is 2. The number of hydrogen-bond acceptors (Lipinski definition) is 3. The van der Waals surface area contributed by atoms with Crippen molar-refractivity contribution in [3.8, 4) is 0 Å². The fourth-order valence-corrected chi connectivity index (χ4v) is 4.55. The second-order valence-electron chi connectivity index (χ2n) is 8.13. The molecule has 2 atom stereocenters. The normalized spacial score (nSPS) is 20.1. The molecule has 2 N–H and O–H groups in total. The number of amides is 3. The maximum Gasteiger partial charge on any atom is 0.317 e. The first-order valence-corrected chi connectivity index (χ1v) is 10.8. The SMILES string of the molecule is C=CCNC(=O)N1CCN([C@@H](C(=O)N[C@@H](C)c2ccccc2)C2CCCC2)CC1. The minimum Gasteiger partial charge on any atom is -0.348 e. The third kappa shape index (κ3) is 5.60. The van der Waals surface area contributed by atoms with Crippen molar-refractivity contribution in [1.82, 2.24) is 20.4 Å². The molecular weight excluding hydrogens is 364 g/mol. The summed E-state index contributed by atoms with van der Waals surface area (Å²) in [5.41, 5.74) is 1.12. The van der Waals surface area contributed by atoms with Gasteiger partial charge in [0.2, 0.25) is 5.91 Å². The number of nitrogens with zero attached hydrogens (tertiary/aromatic N) is 2. The van der Waals surface area contributed by atoms with Crippen LogP contribution in [-0.2, 0) is 4.79 Å². The molecular formula is C23H34N4O2. The molecule has 6 nitrogen and oxygen atoms in total. The molecule has 1 heterocycles. The number of carbonyl (C=O) groups is 2. The van der Waals surface area contributed by atoms with Gasteiger partial charge in [0.25, 0.3) is 0 Å². The van der Waals surface area contributed by atoms with Gasteiger partial charge in [-0.05, 0) is 31.2 Å². The molecule has 1 aliphatic heterocycles. The van der Waals surface area contributed by atoms with Crippen LogP contribution in [0.3, 0.4) is 0 Å². The van der Waals surface area contributed by atoms with Crippen molar-refractivity contribution in [2.75, 3.05) is 32.7 Å². The quantitative estimate of drug-likeness (QED) is 0.694. The number of urea groups is 1. The molecule has 0 aromatic heterocycles. The topological polar surface area (TPSA) is 64.7 Å². The van der Waals surface area contributed by atoms with Gasteiger partial charge in [0.1, 0.15) is 0 Å². The molecule has 0 radical (unpaired) electrons. The van der Waals surface area contributed by atoms with E-state index in [2.05, 4.69) is 34.2 Å². The lowest BCUT2D eigenvalue weighted by atomic mass is 9.94. The van der Waals surface area contributed by atoms with Crippen LogP contribution in [0.25, 0.3) is 0 Å². The first-order valence-electron chi connectivity index (χ1n) is 10.8. The van der Waals surface area contributed by atoms with Gasteiger partial charge in [0.15, 0.2) is 0 Å². The lowest BCUT2D eigenvalue weighted by Gasteiger charge is -2.41. The summed E-state index contributed by atoms with van der Waals surface area (Å²) in [5, 5.41) is 6.09. The summed E-state index contributed by atoms with van der Waals surface area (Å²) in [7, 11) is 0. The van der Waals surface area contributed by atoms with Crippen LogP contribution in [0.2, 0.25) is 0 Å². The van der Waals surface area contributed by atoms with Gasteiger partial charge in [-0.2, -0.15) is 0 Å². The largest absolute Gasteiger partial charge is 0.348 e. The predicted molar refractivity (Wildman–Crippen MR) is 115 cm³/mol. The highest BCUT2D eigenvalue weighted by atomic mass is 16.2. The number of nitrogens with one attached hydrogen (secondary N) is 2. The molecule has 0 spiro atoms. The minimum atomic E-state index is -0.109. The van der Waals surface area contributed by atoms with Crippen molar-refractivity contribution < 1.29 is 9.59 Å². The van der Waals surface area contributed by atoms with Crippen LogP contribution in [-0.4, -0.2) is 60.5 Å². The average molecular weight is 399 g/mol.